The minimum absolute atomic E-state index is 0.139. The first-order valence-electron chi connectivity index (χ1n) is 32.8. The summed E-state index contributed by atoms with van der Waals surface area (Å²) in [6.07, 6.45) is 68.8. The summed E-state index contributed by atoms with van der Waals surface area (Å²) in [7, 11) is 0. The van der Waals surface area contributed by atoms with Crippen molar-refractivity contribution >= 4 is 5.91 Å². The quantitative estimate of drug-likeness (QED) is 0.0261. The fraction of sp³-hybridized carbons (Fsp3) is 0.866. The second-order valence-corrected chi connectivity index (χ2v) is 22.9. The number of unbranched alkanes of at least 4 members (excludes halogenated alkanes) is 39. The Bertz CT molecular complexity index is 1340. The first kappa shape index (κ1) is 72.2. The van der Waals surface area contributed by atoms with Crippen molar-refractivity contribution in [2.24, 2.45) is 0 Å². The molecule has 0 aliphatic carbocycles. The van der Waals surface area contributed by atoms with Crippen LogP contribution in [0.3, 0.4) is 0 Å². The van der Waals surface area contributed by atoms with E-state index in [4.69, 9.17) is 9.47 Å². The lowest BCUT2D eigenvalue weighted by molar-refractivity contribution is -0.302. The van der Waals surface area contributed by atoms with Gasteiger partial charge in [-0.1, -0.05) is 306 Å². The number of aliphatic hydroxyl groups is 5. The predicted molar refractivity (Wildman–Crippen MR) is 323 cm³/mol. The molecule has 1 heterocycles. The van der Waals surface area contributed by atoms with Crippen molar-refractivity contribution in [2.75, 3.05) is 13.2 Å². The van der Waals surface area contributed by atoms with E-state index in [2.05, 4.69) is 67.8 Å². The number of amides is 1. The van der Waals surface area contributed by atoms with Crippen molar-refractivity contribution < 1.29 is 39.8 Å². The monoisotopic (exact) mass is 1070 g/mol. The molecule has 1 fully saturated rings. The third-order valence-corrected chi connectivity index (χ3v) is 15.7. The van der Waals surface area contributed by atoms with Gasteiger partial charge in [0.1, 0.15) is 24.4 Å². The first-order chi connectivity index (χ1) is 37.3. The van der Waals surface area contributed by atoms with Gasteiger partial charge in [0.15, 0.2) is 6.29 Å². The maximum Gasteiger partial charge on any atom is 0.220 e. The van der Waals surface area contributed by atoms with Crippen molar-refractivity contribution in [3.63, 3.8) is 0 Å². The molecule has 446 valence electrons. The molecule has 1 rings (SSSR count). The summed E-state index contributed by atoms with van der Waals surface area (Å²) in [5, 5.41) is 54.9. The SMILES string of the molecule is CC/C=C\C/C=C\C/C=C\C/C=C\CCCCCCCCCCCCC(=O)NC(COC1OC(CO)C(O)C(O)C1O)C(O)CCCCCCCCCCCCCCCCCCCCCCCCCCCCCCCC. The lowest BCUT2D eigenvalue weighted by Crippen LogP contribution is -2.60. The van der Waals surface area contributed by atoms with Gasteiger partial charge in [0.2, 0.25) is 5.91 Å². The standard InChI is InChI=1S/C67H125NO8/c1-3-5-7-9-11-13-15-17-19-21-23-25-27-28-29-30-31-32-33-35-36-38-40-42-44-46-48-50-52-54-56-61(70)60(59-75-67-66(74)65(73)64(72)62(58-69)76-67)68-63(71)57-55-53-51-49-47-45-43-41-39-37-34-26-24-22-20-18-16-14-12-10-8-6-4-2/h6,8,12,14,18,20,24,26,60-62,64-67,69-70,72-74H,3-5,7,9-11,13,15-17,19,21-23,25,27-59H2,1-2H3,(H,68,71)/b8-6-,14-12-,20-18-,26-24-. The molecule has 9 nitrogen and oxygen atoms in total. The zero-order valence-corrected chi connectivity index (χ0v) is 49.8. The van der Waals surface area contributed by atoms with Crippen molar-refractivity contribution in [3.05, 3.63) is 48.6 Å². The van der Waals surface area contributed by atoms with Gasteiger partial charge in [-0.3, -0.25) is 4.79 Å². The van der Waals surface area contributed by atoms with E-state index in [1.54, 1.807) is 0 Å². The lowest BCUT2D eigenvalue weighted by Gasteiger charge is -2.40. The summed E-state index contributed by atoms with van der Waals surface area (Å²) in [4.78, 5) is 13.1. The van der Waals surface area contributed by atoms with E-state index in [1.165, 1.54) is 218 Å². The Morgan fingerprint density at radius 1 is 0.461 bits per heavy atom. The molecule has 9 heteroatoms. The summed E-state index contributed by atoms with van der Waals surface area (Å²) in [5.74, 6) is -0.146. The number of carbonyl (C=O) groups is 1. The highest BCUT2D eigenvalue weighted by atomic mass is 16.7. The molecule has 0 aromatic rings. The van der Waals surface area contributed by atoms with Crippen molar-refractivity contribution in [2.45, 2.75) is 358 Å². The molecule has 0 spiro atoms. The molecule has 7 unspecified atom stereocenters. The van der Waals surface area contributed by atoms with Crippen LogP contribution in [0.25, 0.3) is 0 Å². The summed E-state index contributed by atoms with van der Waals surface area (Å²) in [5.41, 5.74) is 0. The highest BCUT2D eigenvalue weighted by Gasteiger charge is 2.44. The second-order valence-electron chi connectivity index (χ2n) is 22.9. The van der Waals surface area contributed by atoms with Crippen LogP contribution in [0.15, 0.2) is 48.6 Å². The Kier molecular flexibility index (Phi) is 53.6. The van der Waals surface area contributed by atoms with E-state index >= 15 is 0 Å². The van der Waals surface area contributed by atoms with Crippen LogP contribution in [-0.4, -0.2) is 87.5 Å². The van der Waals surface area contributed by atoms with Crippen LogP contribution < -0.4 is 5.32 Å². The number of hydrogen-bond donors (Lipinski definition) is 6. The lowest BCUT2D eigenvalue weighted by atomic mass is 9.99. The maximum absolute atomic E-state index is 13.1. The Labute approximate surface area is 469 Å². The molecule has 1 saturated heterocycles. The third-order valence-electron chi connectivity index (χ3n) is 15.7. The van der Waals surface area contributed by atoms with Gasteiger partial charge in [-0.25, -0.2) is 0 Å². The first-order valence-corrected chi connectivity index (χ1v) is 32.8. The average molecular weight is 1070 g/mol. The van der Waals surface area contributed by atoms with Gasteiger partial charge in [-0.15, -0.1) is 0 Å². The zero-order chi connectivity index (χ0) is 55.0. The Hall–Kier alpha value is -1.85. The van der Waals surface area contributed by atoms with Crippen LogP contribution in [0.2, 0.25) is 0 Å². The Morgan fingerprint density at radius 3 is 1.21 bits per heavy atom. The normalized spacial score (nSPS) is 19.1. The fourth-order valence-corrected chi connectivity index (χ4v) is 10.6. The van der Waals surface area contributed by atoms with Crippen molar-refractivity contribution in [1.82, 2.24) is 5.32 Å². The van der Waals surface area contributed by atoms with E-state index in [9.17, 15) is 30.3 Å². The molecule has 0 radical (unpaired) electrons. The van der Waals surface area contributed by atoms with Gasteiger partial charge < -0.3 is 40.3 Å². The van der Waals surface area contributed by atoms with Gasteiger partial charge in [0.05, 0.1) is 25.4 Å². The fourth-order valence-electron chi connectivity index (χ4n) is 10.6. The van der Waals surface area contributed by atoms with E-state index in [1.807, 2.05) is 0 Å². The van der Waals surface area contributed by atoms with E-state index in [0.29, 0.717) is 12.8 Å². The minimum atomic E-state index is -1.56. The van der Waals surface area contributed by atoms with Crippen LogP contribution in [-0.2, 0) is 14.3 Å². The Morgan fingerprint density at radius 2 is 0.816 bits per heavy atom. The third kappa shape index (κ3) is 44.9. The van der Waals surface area contributed by atoms with Crippen LogP contribution in [0.4, 0.5) is 0 Å². The van der Waals surface area contributed by atoms with Crippen LogP contribution in [0, 0.1) is 0 Å². The Balaban J connectivity index is 2.14. The minimum Gasteiger partial charge on any atom is -0.394 e. The maximum atomic E-state index is 13.1. The topological polar surface area (TPSA) is 149 Å². The highest BCUT2D eigenvalue weighted by Crippen LogP contribution is 2.24. The smallest absolute Gasteiger partial charge is 0.220 e. The van der Waals surface area contributed by atoms with Gasteiger partial charge >= 0.3 is 0 Å². The average Bonchev–Trinajstić information content (AvgIpc) is 3.42. The number of nitrogens with one attached hydrogen (secondary N) is 1. The molecule has 0 bridgehead atoms. The number of carbonyl (C=O) groups excluding carboxylic acids is 1. The van der Waals surface area contributed by atoms with Crippen LogP contribution >= 0.6 is 0 Å². The molecule has 0 aromatic carbocycles. The van der Waals surface area contributed by atoms with Crippen LogP contribution in [0.5, 0.6) is 0 Å². The summed E-state index contributed by atoms with van der Waals surface area (Å²) < 4.78 is 11.4. The van der Waals surface area contributed by atoms with Crippen molar-refractivity contribution in [3.8, 4) is 0 Å². The highest BCUT2D eigenvalue weighted by molar-refractivity contribution is 5.76. The van der Waals surface area contributed by atoms with Gasteiger partial charge in [0.25, 0.3) is 0 Å². The molecular formula is C67H125NO8. The van der Waals surface area contributed by atoms with E-state index in [0.717, 1.165) is 70.6 Å². The molecule has 76 heavy (non-hydrogen) atoms. The zero-order valence-electron chi connectivity index (χ0n) is 49.8. The van der Waals surface area contributed by atoms with Crippen LogP contribution in [0.1, 0.15) is 316 Å². The number of hydrogen-bond acceptors (Lipinski definition) is 8. The molecule has 1 aliphatic rings. The van der Waals surface area contributed by atoms with E-state index in [-0.39, 0.29) is 12.5 Å². The van der Waals surface area contributed by atoms with Gasteiger partial charge in [0, 0.05) is 6.42 Å². The molecule has 7 atom stereocenters. The predicted octanol–water partition coefficient (Wildman–Crippen LogP) is 17.2. The number of ether oxygens (including phenoxy) is 2. The van der Waals surface area contributed by atoms with E-state index < -0.39 is 49.5 Å². The van der Waals surface area contributed by atoms with Gasteiger partial charge in [-0.05, 0) is 51.4 Å². The number of rotatable bonds is 57. The molecule has 6 N–H and O–H groups in total. The molecule has 1 aliphatic heterocycles. The molecule has 0 saturated carbocycles. The van der Waals surface area contributed by atoms with Crippen molar-refractivity contribution in [1.29, 1.82) is 0 Å². The molecule has 1 amide bonds. The summed E-state index contributed by atoms with van der Waals surface area (Å²) >= 11 is 0. The number of aliphatic hydroxyl groups excluding tert-OH is 5. The summed E-state index contributed by atoms with van der Waals surface area (Å²) in [6, 6.07) is -0.725. The largest absolute Gasteiger partial charge is 0.394 e. The molecule has 0 aromatic heterocycles. The molecular weight excluding hydrogens is 947 g/mol. The number of allylic oxidation sites excluding steroid dienone is 8. The van der Waals surface area contributed by atoms with Gasteiger partial charge in [-0.2, -0.15) is 0 Å². The second kappa shape index (κ2) is 56.4. The summed E-state index contributed by atoms with van der Waals surface area (Å²) in [6.45, 7) is 3.76.